The topological polar surface area (TPSA) is 66.6 Å². The summed E-state index contributed by atoms with van der Waals surface area (Å²) in [5.41, 5.74) is 6.85. The van der Waals surface area contributed by atoms with E-state index >= 15 is 0 Å². The smallest absolute Gasteiger partial charge is 0.140 e. The molecule has 0 saturated carbocycles. The van der Waals surface area contributed by atoms with E-state index in [9.17, 15) is 0 Å². The second-order valence-electron chi connectivity index (χ2n) is 4.60. The first-order valence-electron chi connectivity index (χ1n) is 6.64. The van der Waals surface area contributed by atoms with Gasteiger partial charge in [-0.2, -0.15) is 0 Å². The number of aromatic nitrogens is 1. The zero-order valence-electron chi connectivity index (χ0n) is 12.5. The molecule has 0 spiro atoms. The van der Waals surface area contributed by atoms with Gasteiger partial charge in [-0.25, -0.2) is 4.98 Å². The Kier molecular flexibility index (Phi) is 5.55. The molecule has 0 aliphatic carbocycles. The summed E-state index contributed by atoms with van der Waals surface area (Å²) in [5, 5.41) is 0.894. The Bertz CT molecular complexity index is 567. The van der Waals surface area contributed by atoms with E-state index < -0.39 is 0 Å². The number of ether oxygens (including phenoxy) is 3. The Morgan fingerprint density at radius 3 is 2.38 bits per heavy atom. The van der Waals surface area contributed by atoms with Gasteiger partial charge in [0, 0.05) is 18.0 Å². The minimum absolute atomic E-state index is 0.0533. The second kappa shape index (κ2) is 7.40. The molecule has 1 aromatic heterocycles. The van der Waals surface area contributed by atoms with Crippen molar-refractivity contribution in [3.05, 3.63) is 39.8 Å². The monoisotopic (exact) mass is 308 g/mol. The van der Waals surface area contributed by atoms with E-state index in [1.165, 1.54) is 0 Å². The van der Waals surface area contributed by atoms with E-state index in [1.807, 2.05) is 31.2 Å². The van der Waals surface area contributed by atoms with Gasteiger partial charge in [0.1, 0.15) is 23.1 Å². The first-order chi connectivity index (χ1) is 10.1. The predicted molar refractivity (Wildman–Crippen MR) is 82.8 cm³/mol. The number of thiazole rings is 1. The van der Waals surface area contributed by atoms with Crippen LogP contribution in [0.15, 0.2) is 24.3 Å². The second-order valence-corrected chi connectivity index (χ2v) is 5.72. The maximum Gasteiger partial charge on any atom is 0.140 e. The molecular formula is C15H20N2O3S. The zero-order valence-corrected chi connectivity index (χ0v) is 13.3. The lowest BCUT2D eigenvalue weighted by Gasteiger charge is -2.05. The Morgan fingerprint density at radius 1 is 1.14 bits per heavy atom. The third-order valence-corrected chi connectivity index (χ3v) is 4.16. The SMILES string of the molecule is COCc1nc(COc2ccc(OC)cc2)sc1C(C)N. The first-order valence-corrected chi connectivity index (χ1v) is 7.45. The molecule has 2 N–H and O–H groups in total. The number of hydrogen-bond acceptors (Lipinski definition) is 6. The fraction of sp³-hybridized carbons (Fsp3) is 0.400. The summed E-state index contributed by atoms with van der Waals surface area (Å²) in [6.07, 6.45) is 0. The molecule has 0 fully saturated rings. The van der Waals surface area contributed by atoms with Crippen LogP contribution in [0.25, 0.3) is 0 Å². The standard InChI is InChI=1S/C15H20N2O3S/c1-10(16)15-13(8-18-2)17-14(21-15)9-20-12-6-4-11(19-3)5-7-12/h4-7,10H,8-9,16H2,1-3H3. The van der Waals surface area contributed by atoms with Crippen LogP contribution in [0.3, 0.4) is 0 Å². The summed E-state index contributed by atoms with van der Waals surface area (Å²) >= 11 is 1.57. The number of rotatable bonds is 7. The fourth-order valence-electron chi connectivity index (χ4n) is 1.89. The van der Waals surface area contributed by atoms with Crippen molar-refractivity contribution in [3.63, 3.8) is 0 Å². The molecule has 0 aliphatic rings. The molecule has 1 atom stereocenters. The van der Waals surface area contributed by atoms with E-state index in [0.29, 0.717) is 13.2 Å². The minimum Gasteiger partial charge on any atom is -0.497 e. The highest BCUT2D eigenvalue weighted by molar-refractivity contribution is 7.11. The number of hydrogen-bond donors (Lipinski definition) is 1. The highest BCUT2D eigenvalue weighted by atomic mass is 32.1. The van der Waals surface area contributed by atoms with Gasteiger partial charge >= 0.3 is 0 Å². The van der Waals surface area contributed by atoms with Crippen molar-refractivity contribution in [2.75, 3.05) is 14.2 Å². The Labute approximate surface area is 128 Å². The van der Waals surface area contributed by atoms with Gasteiger partial charge in [0.25, 0.3) is 0 Å². The van der Waals surface area contributed by atoms with Crippen molar-refractivity contribution in [1.82, 2.24) is 4.98 Å². The average Bonchev–Trinajstić information content (AvgIpc) is 2.89. The van der Waals surface area contributed by atoms with E-state index in [0.717, 1.165) is 27.1 Å². The fourth-order valence-corrected chi connectivity index (χ4v) is 2.82. The summed E-state index contributed by atoms with van der Waals surface area (Å²) in [4.78, 5) is 5.58. The maximum absolute atomic E-state index is 5.96. The summed E-state index contributed by atoms with van der Waals surface area (Å²) in [5.74, 6) is 1.58. The van der Waals surface area contributed by atoms with Crippen LogP contribution in [0.1, 0.15) is 28.5 Å². The van der Waals surface area contributed by atoms with Gasteiger partial charge in [-0.15, -0.1) is 11.3 Å². The van der Waals surface area contributed by atoms with Crippen LogP contribution in [-0.4, -0.2) is 19.2 Å². The van der Waals surface area contributed by atoms with Crippen molar-refractivity contribution in [2.24, 2.45) is 5.73 Å². The summed E-state index contributed by atoms with van der Waals surface area (Å²) in [6.45, 7) is 2.83. The van der Waals surface area contributed by atoms with Gasteiger partial charge in [0.2, 0.25) is 0 Å². The molecule has 1 unspecified atom stereocenters. The van der Waals surface area contributed by atoms with Gasteiger partial charge in [-0.1, -0.05) is 0 Å². The first kappa shape index (κ1) is 15.8. The number of nitrogens with zero attached hydrogens (tertiary/aromatic N) is 1. The summed E-state index contributed by atoms with van der Waals surface area (Å²) < 4.78 is 16.0. The molecular weight excluding hydrogens is 288 g/mol. The Morgan fingerprint density at radius 2 is 1.81 bits per heavy atom. The van der Waals surface area contributed by atoms with Gasteiger partial charge in [-0.3, -0.25) is 0 Å². The van der Waals surface area contributed by atoms with Crippen LogP contribution in [0, 0.1) is 0 Å². The summed E-state index contributed by atoms with van der Waals surface area (Å²) in [6, 6.07) is 7.41. The normalized spacial score (nSPS) is 12.2. The molecule has 5 nitrogen and oxygen atoms in total. The molecule has 0 bridgehead atoms. The van der Waals surface area contributed by atoms with Crippen LogP contribution >= 0.6 is 11.3 Å². The van der Waals surface area contributed by atoms with Crippen molar-refractivity contribution in [2.45, 2.75) is 26.2 Å². The third kappa shape index (κ3) is 4.17. The highest BCUT2D eigenvalue weighted by Gasteiger charge is 2.14. The van der Waals surface area contributed by atoms with Crippen LogP contribution in [0.2, 0.25) is 0 Å². The molecule has 114 valence electrons. The van der Waals surface area contributed by atoms with E-state index in [-0.39, 0.29) is 6.04 Å². The van der Waals surface area contributed by atoms with Crippen LogP contribution in [0.5, 0.6) is 11.5 Å². The Hall–Kier alpha value is -1.63. The minimum atomic E-state index is -0.0533. The van der Waals surface area contributed by atoms with E-state index in [4.69, 9.17) is 19.9 Å². The predicted octanol–water partition coefficient (Wildman–Crippen LogP) is 2.90. The van der Waals surface area contributed by atoms with Crippen molar-refractivity contribution in [3.8, 4) is 11.5 Å². The van der Waals surface area contributed by atoms with Crippen LogP contribution in [-0.2, 0) is 18.0 Å². The molecule has 0 aliphatic heterocycles. The lowest BCUT2D eigenvalue weighted by Crippen LogP contribution is -2.06. The van der Waals surface area contributed by atoms with Gasteiger partial charge in [0.15, 0.2) is 0 Å². The van der Waals surface area contributed by atoms with E-state index in [2.05, 4.69) is 4.98 Å². The molecule has 2 aromatic rings. The largest absolute Gasteiger partial charge is 0.497 e. The molecule has 1 heterocycles. The lowest BCUT2D eigenvalue weighted by molar-refractivity contribution is 0.180. The maximum atomic E-state index is 5.96. The van der Waals surface area contributed by atoms with Gasteiger partial charge in [-0.05, 0) is 31.2 Å². The quantitative estimate of drug-likeness (QED) is 0.852. The van der Waals surface area contributed by atoms with Crippen LogP contribution in [0.4, 0.5) is 0 Å². The zero-order chi connectivity index (χ0) is 15.2. The highest BCUT2D eigenvalue weighted by Crippen LogP contribution is 2.26. The van der Waals surface area contributed by atoms with Crippen molar-refractivity contribution >= 4 is 11.3 Å². The third-order valence-electron chi connectivity index (χ3n) is 2.89. The Balaban J connectivity index is 2.03. The molecule has 0 amide bonds. The molecule has 0 radical (unpaired) electrons. The number of nitrogens with two attached hydrogens (primary N) is 1. The summed E-state index contributed by atoms with van der Waals surface area (Å²) in [7, 11) is 3.29. The molecule has 0 saturated heterocycles. The average molecular weight is 308 g/mol. The molecule has 2 rings (SSSR count). The van der Waals surface area contributed by atoms with Gasteiger partial charge < -0.3 is 19.9 Å². The van der Waals surface area contributed by atoms with Crippen molar-refractivity contribution in [1.29, 1.82) is 0 Å². The lowest BCUT2D eigenvalue weighted by atomic mass is 10.2. The van der Waals surface area contributed by atoms with E-state index in [1.54, 1.807) is 25.6 Å². The van der Waals surface area contributed by atoms with Crippen LogP contribution < -0.4 is 15.2 Å². The molecule has 6 heteroatoms. The van der Waals surface area contributed by atoms with Crippen molar-refractivity contribution < 1.29 is 14.2 Å². The number of benzene rings is 1. The van der Waals surface area contributed by atoms with Gasteiger partial charge in [0.05, 0.1) is 19.4 Å². The number of methoxy groups -OCH3 is 2. The molecule has 1 aromatic carbocycles. The molecule has 21 heavy (non-hydrogen) atoms.